The first kappa shape index (κ1) is 18.9. The molecule has 6 heteroatoms. The summed E-state index contributed by atoms with van der Waals surface area (Å²) < 4.78 is 10.3. The van der Waals surface area contributed by atoms with Gasteiger partial charge in [0.05, 0.1) is 24.7 Å². The highest BCUT2D eigenvalue weighted by Crippen LogP contribution is 2.50. The monoisotopic (exact) mass is 360 g/mol. The highest BCUT2D eigenvalue weighted by atomic mass is 16.5. The maximum atomic E-state index is 13.2. The Morgan fingerprint density at radius 1 is 1.19 bits per heavy atom. The van der Waals surface area contributed by atoms with E-state index in [2.05, 4.69) is 5.32 Å². The van der Waals surface area contributed by atoms with Gasteiger partial charge in [-0.15, -0.1) is 0 Å². The molecule has 1 aromatic rings. The van der Waals surface area contributed by atoms with Gasteiger partial charge in [-0.05, 0) is 24.5 Å². The topological polar surface area (TPSA) is 67.9 Å². The number of amides is 2. The van der Waals surface area contributed by atoms with Gasteiger partial charge >= 0.3 is 0 Å². The Hall–Kier alpha value is -1.92. The van der Waals surface area contributed by atoms with Crippen LogP contribution in [-0.2, 0) is 14.3 Å². The van der Waals surface area contributed by atoms with E-state index in [0.29, 0.717) is 31.9 Å². The van der Waals surface area contributed by atoms with Crippen molar-refractivity contribution >= 4 is 11.8 Å². The highest BCUT2D eigenvalue weighted by Gasteiger charge is 2.55. The third-order valence-electron chi connectivity index (χ3n) is 5.68. The maximum Gasteiger partial charge on any atom is 0.254 e. The van der Waals surface area contributed by atoms with Gasteiger partial charge in [-0.3, -0.25) is 9.59 Å². The summed E-state index contributed by atoms with van der Waals surface area (Å²) >= 11 is 0. The minimum Gasteiger partial charge on any atom is -0.383 e. The Balaban J connectivity index is 2.03. The molecule has 1 aromatic carbocycles. The van der Waals surface area contributed by atoms with Crippen molar-refractivity contribution in [3.63, 3.8) is 0 Å². The predicted molar refractivity (Wildman–Crippen MR) is 98.2 cm³/mol. The summed E-state index contributed by atoms with van der Waals surface area (Å²) in [5.41, 5.74) is 1.03. The summed E-state index contributed by atoms with van der Waals surface area (Å²) in [6, 6.07) is 7.53. The number of fused-ring (bicyclic) bond motifs is 1. The summed E-state index contributed by atoms with van der Waals surface area (Å²) in [7, 11) is 3.25. The van der Waals surface area contributed by atoms with E-state index >= 15 is 0 Å². The van der Waals surface area contributed by atoms with E-state index in [4.69, 9.17) is 9.47 Å². The Bertz CT molecular complexity index is 655. The third-order valence-corrected chi connectivity index (χ3v) is 5.68. The number of carbonyl (C=O) groups excluding carboxylic acids is 2. The lowest BCUT2D eigenvalue weighted by atomic mass is 9.71. The van der Waals surface area contributed by atoms with E-state index in [1.54, 1.807) is 14.2 Å². The largest absolute Gasteiger partial charge is 0.383 e. The minimum absolute atomic E-state index is 0.0143. The molecule has 142 valence electrons. The van der Waals surface area contributed by atoms with E-state index in [1.807, 2.05) is 29.2 Å². The van der Waals surface area contributed by atoms with Gasteiger partial charge < -0.3 is 19.7 Å². The normalized spacial score (nSPS) is 21.1. The van der Waals surface area contributed by atoms with E-state index in [-0.39, 0.29) is 17.7 Å². The van der Waals surface area contributed by atoms with Gasteiger partial charge in [-0.1, -0.05) is 31.0 Å². The zero-order chi connectivity index (χ0) is 18.6. The molecule has 0 bridgehead atoms. The number of rotatable bonds is 7. The van der Waals surface area contributed by atoms with Gasteiger partial charge in [0.1, 0.15) is 0 Å². The predicted octanol–water partition coefficient (Wildman–Crippen LogP) is 1.95. The van der Waals surface area contributed by atoms with Crippen molar-refractivity contribution < 1.29 is 19.1 Å². The Kier molecular flexibility index (Phi) is 5.94. The van der Waals surface area contributed by atoms with Crippen LogP contribution in [0, 0.1) is 0 Å². The first-order chi connectivity index (χ1) is 12.7. The molecule has 1 heterocycles. The van der Waals surface area contributed by atoms with E-state index in [1.165, 1.54) is 0 Å². The van der Waals surface area contributed by atoms with Crippen molar-refractivity contribution in [3.8, 4) is 0 Å². The summed E-state index contributed by atoms with van der Waals surface area (Å²) in [5.74, 6) is -0.362. The number of carbonyl (C=O) groups is 2. The number of hydrogen-bond acceptors (Lipinski definition) is 4. The van der Waals surface area contributed by atoms with Crippen molar-refractivity contribution in [3.05, 3.63) is 35.4 Å². The fraction of sp³-hybridized carbons (Fsp3) is 0.600. The zero-order valence-electron chi connectivity index (χ0n) is 15.6. The van der Waals surface area contributed by atoms with Crippen molar-refractivity contribution in [1.82, 2.24) is 10.2 Å². The third kappa shape index (κ3) is 3.23. The van der Waals surface area contributed by atoms with Crippen LogP contribution in [0.3, 0.4) is 0 Å². The molecule has 6 nitrogen and oxygen atoms in total. The van der Waals surface area contributed by atoms with Crippen molar-refractivity contribution in [2.24, 2.45) is 0 Å². The molecule has 3 rings (SSSR count). The lowest BCUT2D eigenvalue weighted by Crippen LogP contribution is -2.61. The van der Waals surface area contributed by atoms with Crippen LogP contribution in [0.1, 0.15) is 47.5 Å². The maximum absolute atomic E-state index is 13.2. The molecular formula is C20H28N2O4. The first-order valence-electron chi connectivity index (χ1n) is 9.32. The molecule has 0 saturated heterocycles. The molecule has 1 N–H and O–H groups in total. The van der Waals surface area contributed by atoms with E-state index in [9.17, 15) is 9.59 Å². The zero-order valence-corrected chi connectivity index (χ0v) is 15.6. The number of nitrogens with zero attached hydrogens (tertiary/aromatic N) is 1. The van der Waals surface area contributed by atoms with Crippen molar-refractivity contribution in [2.75, 3.05) is 40.5 Å². The second-order valence-electron chi connectivity index (χ2n) is 7.06. The standard InChI is InChI=1S/C20H28N2O4/c1-25-13-11-21-18(23)17-15-7-3-4-8-16(15)19(24)22(12-14-26-2)20(17)9-5-6-10-20/h3-4,7-8,17H,5-6,9-14H2,1-2H3,(H,21,23)/t17-/m0/s1. The first-order valence-corrected chi connectivity index (χ1v) is 9.32. The number of methoxy groups -OCH3 is 2. The second-order valence-corrected chi connectivity index (χ2v) is 7.06. The smallest absolute Gasteiger partial charge is 0.254 e. The number of benzene rings is 1. The van der Waals surface area contributed by atoms with Crippen LogP contribution in [0.4, 0.5) is 0 Å². The van der Waals surface area contributed by atoms with Gasteiger partial charge in [0, 0.05) is 32.9 Å². The van der Waals surface area contributed by atoms with Gasteiger partial charge in [-0.2, -0.15) is 0 Å². The van der Waals surface area contributed by atoms with Crippen molar-refractivity contribution in [1.29, 1.82) is 0 Å². The molecule has 1 fully saturated rings. The summed E-state index contributed by atoms with van der Waals surface area (Å²) in [6.45, 7) is 1.91. The van der Waals surface area contributed by atoms with Crippen LogP contribution >= 0.6 is 0 Å². The molecule has 2 aliphatic rings. The number of hydrogen-bond donors (Lipinski definition) is 1. The van der Waals surface area contributed by atoms with Crippen LogP contribution in [0.15, 0.2) is 24.3 Å². The summed E-state index contributed by atoms with van der Waals surface area (Å²) in [5, 5.41) is 3.00. The van der Waals surface area contributed by atoms with Gasteiger partial charge in [0.15, 0.2) is 0 Å². The SMILES string of the molecule is COCCNC(=O)[C@@H]1c2ccccc2C(=O)N(CCOC)C12CCCC2. The molecule has 1 aliphatic heterocycles. The quantitative estimate of drug-likeness (QED) is 0.755. The Morgan fingerprint density at radius 3 is 2.58 bits per heavy atom. The average Bonchev–Trinajstić information content (AvgIpc) is 3.12. The molecule has 2 amide bonds. The fourth-order valence-corrected chi connectivity index (χ4v) is 4.55. The van der Waals surface area contributed by atoms with E-state index in [0.717, 1.165) is 31.2 Å². The minimum atomic E-state index is -0.457. The molecule has 1 aliphatic carbocycles. The molecule has 1 spiro atoms. The lowest BCUT2D eigenvalue weighted by molar-refractivity contribution is -0.126. The molecule has 26 heavy (non-hydrogen) atoms. The van der Waals surface area contributed by atoms with Crippen LogP contribution in [0.2, 0.25) is 0 Å². The number of ether oxygens (including phenoxy) is 2. The van der Waals surface area contributed by atoms with Gasteiger partial charge in [0.25, 0.3) is 5.91 Å². The van der Waals surface area contributed by atoms with Crippen LogP contribution in [0.5, 0.6) is 0 Å². The van der Waals surface area contributed by atoms with Crippen LogP contribution in [-0.4, -0.2) is 62.8 Å². The highest BCUT2D eigenvalue weighted by molar-refractivity contribution is 6.02. The van der Waals surface area contributed by atoms with Gasteiger partial charge in [0.2, 0.25) is 5.91 Å². The molecular weight excluding hydrogens is 332 g/mol. The molecule has 0 unspecified atom stereocenters. The summed E-state index contributed by atoms with van der Waals surface area (Å²) in [6.07, 6.45) is 3.75. The molecule has 0 radical (unpaired) electrons. The Labute approximate surface area is 154 Å². The number of nitrogens with one attached hydrogen (secondary N) is 1. The molecule has 1 saturated carbocycles. The Morgan fingerprint density at radius 2 is 1.88 bits per heavy atom. The average molecular weight is 360 g/mol. The fourth-order valence-electron chi connectivity index (χ4n) is 4.55. The van der Waals surface area contributed by atoms with Crippen LogP contribution in [0.25, 0.3) is 0 Å². The molecule has 1 atom stereocenters. The van der Waals surface area contributed by atoms with Crippen LogP contribution < -0.4 is 5.32 Å². The second kappa shape index (κ2) is 8.18. The summed E-state index contributed by atoms with van der Waals surface area (Å²) in [4.78, 5) is 28.3. The molecule has 0 aromatic heterocycles. The lowest BCUT2D eigenvalue weighted by Gasteiger charge is -2.50. The van der Waals surface area contributed by atoms with Gasteiger partial charge in [-0.25, -0.2) is 0 Å². The van der Waals surface area contributed by atoms with E-state index < -0.39 is 5.54 Å². The van der Waals surface area contributed by atoms with Crippen molar-refractivity contribution in [2.45, 2.75) is 37.1 Å².